The summed E-state index contributed by atoms with van der Waals surface area (Å²) in [7, 11) is -0.0323. The minimum absolute atomic E-state index is 0.0323. The van der Waals surface area contributed by atoms with Crippen molar-refractivity contribution in [2.75, 3.05) is 0 Å². The molecule has 0 bridgehead atoms. The maximum Gasteiger partial charge on any atom is -0.0146 e. The first-order chi connectivity index (χ1) is 9.24. The van der Waals surface area contributed by atoms with E-state index in [1.165, 1.54) is 24.8 Å². The molecule has 114 valence electrons. The molecule has 1 unspecified atom stereocenters. The average molecular weight is 292 g/mol. The van der Waals surface area contributed by atoms with Crippen molar-refractivity contribution < 1.29 is 0 Å². The number of benzene rings is 1. The Morgan fingerprint density at radius 1 is 0.900 bits per heavy atom. The summed E-state index contributed by atoms with van der Waals surface area (Å²) < 4.78 is 0. The summed E-state index contributed by atoms with van der Waals surface area (Å²) in [5, 5.41) is 0.923. The minimum Gasteiger partial charge on any atom is -0.0919 e. The normalized spacial score (nSPS) is 14.6. The van der Waals surface area contributed by atoms with Crippen molar-refractivity contribution in [3.05, 3.63) is 35.9 Å². The number of rotatable bonds is 7. The Morgan fingerprint density at radius 3 is 1.75 bits per heavy atom. The Balaban J connectivity index is 2.99. The molecular formula is C19H33P. The third-order valence-electron chi connectivity index (χ3n) is 4.85. The van der Waals surface area contributed by atoms with Crippen LogP contribution in [0.1, 0.15) is 66.9 Å². The first-order valence-electron chi connectivity index (χ1n) is 8.08. The topological polar surface area (TPSA) is 0 Å². The van der Waals surface area contributed by atoms with E-state index < -0.39 is 0 Å². The van der Waals surface area contributed by atoms with Gasteiger partial charge in [0.05, 0.1) is 0 Å². The molecule has 1 rings (SSSR count). The molecule has 0 radical (unpaired) electrons. The van der Waals surface area contributed by atoms with Crippen molar-refractivity contribution in [3.63, 3.8) is 0 Å². The van der Waals surface area contributed by atoms with Gasteiger partial charge in [-0.05, 0) is 40.8 Å². The Morgan fingerprint density at radius 2 is 1.35 bits per heavy atom. The van der Waals surface area contributed by atoms with Crippen LogP contribution in [0.3, 0.4) is 0 Å². The molecule has 0 N–H and O–H groups in total. The second-order valence-corrected chi connectivity index (χ2v) is 11.3. The Hall–Kier alpha value is -0.350. The van der Waals surface area contributed by atoms with Crippen LogP contribution in [0.5, 0.6) is 0 Å². The van der Waals surface area contributed by atoms with Crippen LogP contribution in [0, 0.1) is 0 Å². The van der Waals surface area contributed by atoms with Crippen LogP contribution in [0.25, 0.3) is 0 Å². The molecule has 0 spiro atoms. The smallest absolute Gasteiger partial charge is 0.0146 e. The van der Waals surface area contributed by atoms with E-state index in [9.17, 15) is 0 Å². The van der Waals surface area contributed by atoms with E-state index in [0.29, 0.717) is 10.3 Å². The van der Waals surface area contributed by atoms with Crippen LogP contribution in [-0.2, 0) is 6.42 Å². The van der Waals surface area contributed by atoms with Crippen LogP contribution in [0.4, 0.5) is 0 Å². The summed E-state index contributed by atoms with van der Waals surface area (Å²) in [6, 6.07) is 11.0. The summed E-state index contributed by atoms with van der Waals surface area (Å²) in [6.07, 6.45) is 3.78. The maximum atomic E-state index is 2.48. The van der Waals surface area contributed by atoms with Crippen molar-refractivity contribution in [1.82, 2.24) is 0 Å². The lowest BCUT2D eigenvalue weighted by atomic mass is 10.1. The van der Waals surface area contributed by atoms with Gasteiger partial charge in [0.15, 0.2) is 0 Å². The zero-order valence-corrected chi connectivity index (χ0v) is 15.4. The molecule has 0 aliphatic carbocycles. The first-order valence-corrected chi connectivity index (χ1v) is 9.49. The lowest BCUT2D eigenvalue weighted by Gasteiger charge is -2.48. The highest BCUT2D eigenvalue weighted by atomic mass is 31.1. The van der Waals surface area contributed by atoms with Crippen molar-refractivity contribution in [1.29, 1.82) is 0 Å². The molecule has 0 aromatic heterocycles. The highest BCUT2D eigenvalue weighted by molar-refractivity contribution is 7.61. The van der Waals surface area contributed by atoms with Crippen molar-refractivity contribution in [3.8, 4) is 0 Å². The van der Waals surface area contributed by atoms with E-state index in [-0.39, 0.29) is 7.92 Å². The third kappa shape index (κ3) is 4.32. The molecule has 0 heterocycles. The standard InChI is InChI=1S/C19H33P/c1-8-18(4,5)20(19(6,7)9-2)16(3)15-17-13-11-10-12-14-17/h10-14,16H,8-9,15H2,1-7H3. The molecule has 20 heavy (non-hydrogen) atoms. The van der Waals surface area contributed by atoms with Gasteiger partial charge in [-0.15, -0.1) is 0 Å². The summed E-state index contributed by atoms with van der Waals surface area (Å²) in [5.41, 5.74) is 2.27. The van der Waals surface area contributed by atoms with Crippen LogP contribution >= 0.6 is 7.92 Å². The van der Waals surface area contributed by atoms with Gasteiger partial charge in [0.25, 0.3) is 0 Å². The molecule has 0 saturated heterocycles. The van der Waals surface area contributed by atoms with Crippen LogP contribution in [0.15, 0.2) is 30.3 Å². The predicted octanol–water partition coefficient (Wildman–Crippen LogP) is 6.48. The summed E-state index contributed by atoms with van der Waals surface area (Å²) in [6.45, 7) is 17.1. The molecule has 1 aromatic carbocycles. The van der Waals surface area contributed by atoms with Gasteiger partial charge < -0.3 is 0 Å². The fraction of sp³-hybridized carbons (Fsp3) is 0.684. The van der Waals surface area contributed by atoms with Gasteiger partial charge in [-0.1, -0.05) is 86.7 Å². The van der Waals surface area contributed by atoms with Crippen LogP contribution in [0.2, 0.25) is 0 Å². The van der Waals surface area contributed by atoms with Crippen LogP contribution < -0.4 is 0 Å². The van der Waals surface area contributed by atoms with Gasteiger partial charge in [0, 0.05) is 0 Å². The fourth-order valence-electron chi connectivity index (χ4n) is 3.40. The van der Waals surface area contributed by atoms with E-state index in [1.54, 1.807) is 0 Å². The highest BCUT2D eigenvalue weighted by Gasteiger charge is 2.41. The quantitative estimate of drug-likeness (QED) is 0.505. The molecule has 0 amide bonds. The second kappa shape index (κ2) is 7.08. The Kier molecular flexibility index (Phi) is 6.26. The van der Waals surface area contributed by atoms with Crippen molar-refractivity contribution >= 4 is 7.92 Å². The van der Waals surface area contributed by atoms with Crippen molar-refractivity contribution in [2.45, 2.75) is 83.7 Å². The monoisotopic (exact) mass is 292 g/mol. The van der Waals surface area contributed by atoms with Gasteiger partial charge in [-0.25, -0.2) is 0 Å². The average Bonchev–Trinajstić information content (AvgIpc) is 2.39. The molecule has 0 fully saturated rings. The molecule has 1 heteroatoms. The van der Waals surface area contributed by atoms with Gasteiger partial charge >= 0.3 is 0 Å². The zero-order chi connectivity index (χ0) is 15.4. The maximum absolute atomic E-state index is 2.48. The van der Waals surface area contributed by atoms with Gasteiger partial charge in [0.1, 0.15) is 0 Å². The lowest BCUT2D eigenvalue weighted by Crippen LogP contribution is -2.34. The number of hydrogen-bond acceptors (Lipinski definition) is 0. The van der Waals surface area contributed by atoms with E-state index in [1.807, 2.05) is 0 Å². The van der Waals surface area contributed by atoms with Crippen molar-refractivity contribution in [2.24, 2.45) is 0 Å². The SMILES string of the molecule is CCC(C)(C)P(C(C)Cc1ccccc1)C(C)(C)CC. The van der Waals surface area contributed by atoms with Gasteiger partial charge in [-0.2, -0.15) is 0 Å². The van der Waals surface area contributed by atoms with Crippen LogP contribution in [-0.4, -0.2) is 16.0 Å². The van der Waals surface area contributed by atoms with Gasteiger partial charge in [0.2, 0.25) is 0 Å². The zero-order valence-electron chi connectivity index (χ0n) is 14.5. The molecule has 0 aliphatic rings. The molecule has 0 saturated carbocycles. The highest BCUT2D eigenvalue weighted by Crippen LogP contribution is 2.65. The molecule has 0 nitrogen and oxygen atoms in total. The molecular weight excluding hydrogens is 259 g/mol. The molecule has 1 aromatic rings. The third-order valence-corrected chi connectivity index (χ3v) is 9.15. The summed E-state index contributed by atoms with van der Waals surface area (Å²) >= 11 is 0. The fourth-order valence-corrected chi connectivity index (χ4v) is 8.50. The van der Waals surface area contributed by atoms with E-state index in [4.69, 9.17) is 0 Å². The van der Waals surface area contributed by atoms with E-state index >= 15 is 0 Å². The molecule has 1 atom stereocenters. The second-order valence-electron chi connectivity index (χ2n) is 7.24. The molecule has 0 aliphatic heterocycles. The summed E-state index contributed by atoms with van der Waals surface area (Å²) in [5.74, 6) is 0. The van der Waals surface area contributed by atoms with E-state index in [0.717, 1.165) is 5.66 Å². The summed E-state index contributed by atoms with van der Waals surface area (Å²) in [4.78, 5) is 0. The number of hydrogen-bond donors (Lipinski definition) is 0. The Bertz CT molecular complexity index is 375. The Labute approximate surface area is 128 Å². The minimum atomic E-state index is -0.0323. The first kappa shape index (κ1) is 17.7. The largest absolute Gasteiger partial charge is 0.0919 e. The lowest BCUT2D eigenvalue weighted by molar-refractivity contribution is 0.590. The van der Waals surface area contributed by atoms with E-state index in [2.05, 4.69) is 78.8 Å². The van der Waals surface area contributed by atoms with Gasteiger partial charge in [-0.3, -0.25) is 0 Å². The predicted molar refractivity (Wildman–Crippen MR) is 95.3 cm³/mol.